The molecule has 0 bridgehead atoms. The van der Waals surface area contributed by atoms with Crippen molar-refractivity contribution in [2.75, 3.05) is 5.32 Å². The highest BCUT2D eigenvalue weighted by molar-refractivity contribution is 7.15. The number of thiazole rings is 1. The summed E-state index contributed by atoms with van der Waals surface area (Å²) in [4.78, 5) is 17.2. The monoisotopic (exact) mass is 236 g/mol. The summed E-state index contributed by atoms with van der Waals surface area (Å²) in [6, 6.07) is 1.67. The molecule has 2 rings (SSSR count). The highest BCUT2D eigenvalue weighted by Crippen LogP contribution is 2.21. The van der Waals surface area contributed by atoms with Crippen molar-refractivity contribution in [1.29, 1.82) is 0 Å². The third kappa shape index (κ3) is 1.96. The van der Waals surface area contributed by atoms with Gasteiger partial charge in [-0.25, -0.2) is 4.98 Å². The Morgan fingerprint density at radius 2 is 2.25 bits per heavy atom. The van der Waals surface area contributed by atoms with E-state index < -0.39 is 0 Å². The Kier molecular flexibility index (Phi) is 2.74. The average molecular weight is 236 g/mol. The van der Waals surface area contributed by atoms with Crippen molar-refractivity contribution in [3.63, 3.8) is 0 Å². The van der Waals surface area contributed by atoms with E-state index in [1.54, 1.807) is 19.3 Å². The maximum atomic E-state index is 11.8. The van der Waals surface area contributed by atoms with E-state index in [-0.39, 0.29) is 5.91 Å². The van der Waals surface area contributed by atoms with E-state index in [0.717, 1.165) is 10.6 Å². The fourth-order valence-corrected chi connectivity index (χ4v) is 2.09. The molecule has 0 atom stereocenters. The topological polar surface area (TPSA) is 59.8 Å². The van der Waals surface area contributed by atoms with Crippen LogP contribution in [0.1, 0.15) is 21.1 Å². The summed E-state index contributed by atoms with van der Waals surface area (Å²) in [7, 11) is 1.73. The number of hydrogen-bond donors (Lipinski definition) is 1. The number of nitrogens with zero attached hydrogens (tertiary/aromatic N) is 3. The molecule has 0 fully saturated rings. The zero-order chi connectivity index (χ0) is 11.7. The standard InChI is InChI=1S/C10H12N4OS/c1-6-7(2)16-10(12-6)13-9(15)8-4-5-11-14(8)3/h4-5H,1-3H3,(H,12,13,15). The molecule has 84 valence electrons. The van der Waals surface area contributed by atoms with Gasteiger partial charge in [0.1, 0.15) is 5.69 Å². The largest absolute Gasteiger partial charge is 0.296 e. The van der Waals surface area contributed by atoms with Gasteiger partial charge < -0.3 is 0 Å². The predicted molar refractivity (Wildman–Crippen MR) is 62.7 cm³/mol. The Hall–Kier alpha value is -1.69. The zero-order valence-corrected chi connectivity index (χ0v) is 10.1. The molecule has 0 saturated carbocycles. The lowest BCUT2D eigenvalue weighted by Crippen LogP contribution is -2.15. The highest BCUT2D eigenvalue weighted by Gasteiger charge is 2.12. The summed E-state index contributed by atoms with van der Waals surface area (Å²) in [6.45, 7) is 3.90. The Bertz CT molecular complexity index is 509. The van der Waals surface area contributed by atoms with Gasteiger partial charge in [0.25, 0.3) is 5.91 Å². The molecule has 0 aliphatic heterocycles. The normalized spacial score (nSPS) is 10.4. The van der Waals surface area contributed by atoms with Gasteiger partial charge in [-0.3, -0.25) is 14.8 Å². The van der Waals surface area contributed by atoms with Crippen LogP contribution in [0.25, 0.3) is 0 Å². The molecule has 0 aromatic carbocycles. The lowest BCUT2D eigenvalue weighted by molar-refractivity contribution is 0.101. The van der Waals surface area contributed by atoms with Crippen LogP contribution in [0.15, 0.2) is 12.3 Å². The van der Waals surface area contributed by atoms with Crippen molar-refractivity contribution >= 4 is 22.4 Å². The summed E-state index contributed by atoms with van der Waals surface area (Å²) in [5.41, 5.74) is 1.47. The van der Waals surface area contributed by atoms with E-state index in [4.69, 9.17) is 0 Å². The Morgan fingerprint density at radius 1 is 1.50 bits per heavy atom. The van der Waals surface area contributed by atoms with E-state index in [0.29, 0.717) is 10.8 Å². The Balaban J connectivity index is 2.17. The van der Waals surface area contributed by atoms with Gasteiger partial charge >= 0.3 is 0 Å². The number of anilines is 1. The summed E-state index contributed by atoms with van der Waals surface area (Å²) in [5, 5.41) is 7.32. The van der Waals surface area contributed by atoms with Crippen LogP contribution in [0.2, 0.25) is 0 Å². The molecule has 0 saturated heterocycles. The molecule has 2 heterocycles. The molecular weight excluding hydrogens is 224 g/mol. The summed E-state index contributed by atoms with van der Waals surface area (Å²) >= 11 is 1.47. The third-order valence-electron chi connectivity index (χ3n) is 2.30. The van der Waals surface area contributed by atoms with Gasteiger partial charge in [0.2, 0.25) is 0 Å². The van der Waals surface area contributed by atoms with Gasteiger partial charge in [-0.15, -0.1) is 11.3 Å². The molecule has 16 heavy (non-hydrogen) atoms. The summed E-state index contributed by atoms with van der Waals surface area (Å²) < 4.78 is 1.53. The number of carbonyl (C=O) groups excluding carboxylic acids is 1. The molecule has 2 aromatic rings. The molecule has 6 heteroatoms. The van der Waals surface area contributed by atoms with Gasteiger partial charge in [0.05, 0.1) is 5.69 Å². The Morgan fingerprint density at radius 3 is 2.75 bits per heavy atom. The minimum absolute atomic E-state index is 0.186. The smallest absolute Gasteiger partial charge is 0.275 e. The number of amides is 1. The molecule has 0 aliphatic carbocycles. The van der Waals surface area contributed by atoms with Crippen molar-refractivity contribution in [2.24, 2.45) is 7.05 Å². The lowest BCUT2D eigenvalue weighted by Gasteiger charge is -2.00. The number of aryl methyl sites for hydroxylation is 3. The molecule has 0 spiro atoms. The average Bonchev–Trinajstić information content (AvgIpc) is 2.74. The first kappa shape index (κ1) is 10.8. The molecule has 1 N–H and O–H groups in total. The van der Waals surface area contributed by atoms with Crippen LogP contribution < -0.4 is 5.32 Å². The van der Waals surface area contributed by atoms with Gasteiger partial charge in [-0.05, 0) is 19.9 Å². The molecule has 5 nitrogen and oxygen atoms in total. The number of carbonyl (C=O) groups is 1. The van der Waals surface area contributed by atoms with Gasteiger partial charge in [0, 0.05) is 18.1 Å². The van der Waals surface area contributed by atoms with Crippen LogP contribution >= 0.6 is 11.3 Å². The van der Waals surface area contributed by atoms with Crippen LogP contribution in [0, 0.1) is 13.8 Å². The maximum Gasteiger partial charge on any atom is 0.275 e. The molecular formula is C10H12N4OS. The van der Waals surface area contributed by atoms with Crippen LogP contribution in [0.4, 0.5) is 5.13 Å². The van der Waals surface area contributed by atoms with Crippen LogP contribution in [-0.2, 0) is 7.05 Å². The molecule has 0 unspecified atom stereocenters. The Labute approximate surface area is 97.1 Å². The molecule has 2 aromatic heterocycles. The molecule has 1 amide bonds. The van der Waals surface area contributed by atoms with Gasteiger partial charge in [-0.1, -0.05) is 0 Å². The van der Waals surface area contributed by atoms with E-state index in [1.165, 1.54) is 16.0 Å². The van der Waals surface area contributed by atoms with Crippen molar-refractivity contribution in [1.82, 2.24) is 14.8 Å². The first-order valence-electron chi connectivity index (χ1n) is 4.81. The van der Waals surface area contributed by atoms with Crippen molar-refractivity contribution in [3.05, 3.63) is 28.5 Å². The highest BCUT2D eigenvalue weighted by atomic mass is 32.1. The van der Waals surface area contributed by atoms with Crippen LogP contribution in [0.3, 0.4) is 0 Å². The summed E-state index contributed by atoms with van der Waals surface area (Å²) in [6.07, 6.45) is 1.59. The minimum Gasteiger partial charge on any atom is -0.296 e. The molecule has 0 aliphatic rings. The van der Waals surface area contributed by atoms with Crippen LogP contribution in [0.5, 0.6) is 0 Å². The quantitative estimate of drug-likeness (QED) is 0.864. The van der Waals surface area contributed by atoms with E-state index in [2.05, 4.69) is 15.4 Å². The fourth-order valence-electron chi connectivity index (χ4n) is 1.28. The van der Waals surface area contributed by atoms with Gasteiger partial charge in [0.15, 0.2) is 5.13 Å². The van der Waals surface area contributed by atoms with Crippen molar-refractivity contribution in [3.8, 4) is 0 Å². The van der Waals surface area contributed by atoms with Crippen LogP contribution in [-0.4, -0.2) is 20.7 Å². The van der Waals surface area contributed by atoms with E-state index in [1.807, 2.05) is 13.8 Å². The SMILES string of the molecule is Cc1nc(NC(=O)c2ccnn2C)sc1C. The fraction of sp³-hybridized carbons (Fsp3) is 0.300. The first-order valence-corrected chi connectivity index (χ1v) is 5.63. The maximum absolute atomic E-state index is 11.8. The third-order valence-corrected chi connectivity index (χ3v) is 3.29. The van der Waals surface area contributed by atoms with Crippen molar-refractivity contribution in [2.45, 2.75) is 13.8 Å². The van der Waals surface area contributed by atoms with Gasteiger partial charge in [-0.2, -0.15) is 5.10 Å². The number of rotatable bonds is 2. The number of hydrogen-bond acceptors (Lipinski definition) is 4. The summed E-state index contributed by atoms with van der Waals surface area (Å²) in [5.74, 6) is -0.186. The lowest BCUT2D eigenvalue weighted by atomic mass is 10.4. The molecule has 0 radical (unpaired) electrons. The minimum atomic E-state index is -0.186. The second-order valence-corrected chi connectivity index (χ2v) is 4.66. The van der Waals surface area contributed by atoms with Crippen molar-refractivity contribution < 1.29 is 4.79 Å². The predicted octanol–water partition coefficient (Wildman–Crippen LogP) is 1.75. The first-order chi connectivity index (χ1) is 7.58. The number of nitrogens with one attached hydrogen (secondary N) is 1. The zero-order valence-electron chi connectivity index (χ0n) is 9.31. The van der Waals surface area contributed by atoms with E-state index >= 15 is 0 Å². The second-order valence-electron chi connectivity index (χ2n) is 3.45. The van der Waals surface area contributed by atoms with E-state index in [9.17, 15) is 4.79 Å². The number of aromatic nitrogens is 3. The second kappa shape index (κ2) is 4.05.